The molecule has 40 heavy (non-hydrogen) atoms. The summed E-state index contributed by atoms with van der Waals surface area (Å²) in [6, 6.07) is 28.5. The number of nitrogens with zero attached hydrogens (tertiary/aromatic N) is 6. The van der Waals surface area contributed by atoms with E-state index >= 15 is 0 Å². The Labute approximate surface area is 230 Å². The van der Waals surface area contributed by atoms with Gasteiger partial charge in [0.15, 0.2) is 5.82 Å². The highest BCUT2D eigenvalue weighted by molar-refractivity contribution is 5.78. The quantitative estimate of drug-likeness (QED) is 0.312. The summed E-state index contributed by atoms with van der Waals surface area (Å²) in [6.07, 6.45) is 3.58. The fourth-order valence-electron chi connectivity index (χ4n) is 5.61. The summed E-state index contributed by atoms with van der Waals surface area (Å²) in [5.74, 6) is 0.508. The van der Waals surface area contributed by atoms with Gasteiger partial charge in [0, 0.05) is 43.0 Å². The highest BCUT2D eigenvalue weighted by atomic mass is 16.1. The minimum atomic E-state index is -0.0139. The predicted octanol–water partition coefficient (Wildman–Crippen LogP) is 5.08. The molecule has 7 rings (SSSR count). The smallest absolute Gasteiger partial charge is 0.306 e. The predicted molar refractivity (Wildman–Crippen MR) is 154 cm³/mol. The summed E-state index contributed by atoms with van der Waals surface area (Å²) >= 11 is 0. The van der Waals surface area contributed by atoms with Crippen molar-refractivity contribution in [2.24, 2.45) is 0 Å². The van der Waals surface area contributed by atoms with Crippen molar-refractivity contribution in [3.05, 3.63) is 107 Å². The molecule has 1 aliphatic heterocycles. The lowest BCUT2D eigenvalue weighted by molar-refractivity contribution is 0.180. The monoisotopic (exact) mass is 528 g/mol. The molecule has 0 spiro atoms. The van der Waals surface area contributed by atoms with Gasteiger partial charge >= 0.3 is 5.69 Å². The van der Waals surface area contributed by atoms with E-state index in [-0.39, 0.29) is 11.7 Å². The van der Waals surface area contributed by atoms with Gasteiger partial charge in [-0.3, -0.25) is 14.6 Å². The number of benzene rings is 3. The molecule has 0 amide bonds. The maximum Gasteiger partial charge on any atom is 0.326 e. The van der Waals surface area contributed by atoms with Crippen LogP contribution in [0.25, 0.3) is 45.1 Å². The summed E-state index contributed by atoms with van der Waals surface area (Å²) in [6.45, 7) is 2.75. The lowest BCUT2D eigenvalue weighted by Crippen LogP contribution is -2.36. The summed E-state index contributed by atoms with van der Waals surface area (Å²) in [7, 11) is 0. The van der Waals surface area contributed by atoms with Crippen molar-refractivity contribution in [2.75, 3.05) is 13.1 Å². The van der Waals surface area contributed by atoms with Gasteiger partial charge in [0.05, 0.1) is 11.0 Å². The number of imidazole rings is 1. The Hall–Kier alpha value is -4.89. The molecule has 1 saturated heterocycles. The molecule has 4 heterocycles. The van der Waals surface area contributed by atoms with E-state index in [1.807, 2.05) is 65.2 Å². The largest absolute Gasteiger partial charge is 0.326 e. The maximum atomic E-state index is 12.6. The molecule has 0 atom stereocenters. The molecule has 1 aliphatic rings. The van der Waals surface area contributed by atoms with Crippen LogP contribution in [-0.4, -0.2) is 52.9 Å². The SMILES string of the molecule is O=c1[nH]c2ccccc2n1C1CCN(Cc2ccc(-c3nc(-c4ccn[nH]4)nnc3-c3ccccc3)cc2)CC1. The average molecular weight is 529 g/mol. The van der Waals surface area contributed by atoms with Gasteiger partial charge in [0.2, 0.25) is 0 Å². The molecule has 198 valence electrons. The van der Waals surface area contributed by atoms with Crippen LogP contribution in [0.3, 0.4) is 0 Å². The number of piperidine rings is 1. The molecule has 3 aromatic heterocycles. The topological polar surface area (TPSA) is 108 Å². The number of rotatable bonds is 6. The van der Waals surface area contributed by atoms with Crippen LogP contribution in [0.1, 0.15) is 24.4 Å². The number of aromatic nitrogens is 7. The van der Waals surface area contributed by atoms with Gasteiger partial charge in [-0.2, -0.15) is 5.10 Å². The van der Waals surface area contributed by atoms with Crippen LogP contribution < -0.4 is 5.69 Å². The van der Waals surface area contributed by atoms with E-state index in [9.17, 15) is 4.79 Å². The number of likely N-dealkylation sites (tertiary alicyclic amines) is 1. The zero-order valence-corrected chi connectivity index (χ0v) is 21.9. The molecular formula is C31H28N8O. The van der Waals surface area contributed by atoms with Crippen molar-refractivity contribution < 1.29 is 0 Å². The summed E-state index contributed by atoms with van der Waals surface area (Å²) < 4.78 is 1.94. The number of hydrogen-bond acceptors (Lipinski definition) is 6. The van der Waals surface area contributed by atoms with Gasteiger partial charge in [0.1, 0.15) is 17.1 Å². The first kappa shape index (κ1) is 24.2. The van der Waals surface area contributed by atoms with Crippen molar-refractivity contribution in [2.45, 2.75) is 25.4 Å². The number of para-hydroxylation sites is 2. The lowest BCUT2D eigenvalue weighted by atomic mass is 10.0. The van der Waals surface area contributed by atoms with Gasteiger partial charge in [-0.15, -0.1) is 10.2 Å². The van der Waals surface area contributed by atoms with Gasteiger partial charge in [-0.1, -0.05) is 66.7 Å². The Morgan fingerprint density at radius 1 is 0.800 bits per heavy atom. The maximum absolute atomic E-state index is 12.6. The Bertz CT molecular complexity index is 1800. The number of nitrogens with one attached hydrogen (secondary N) is 2. The van der Waals surface area contributed by atoms with Crippen molar-refractivity contribution in [3.63, 3.8) is 0 Å². The third-order valence-corrected chi connectivity index (χ3v) is 7.66. The molecule has 0 bridgehead atoms. The number of H-pyrrole nitrogens is 2. The molecule has 0 radical (unpaired) electrons. The van der Waals surface area contributed by atoms with Crippen LogP contribution in [0, 0.1) is 0 Å². The molecule has 0 aliphatic carbocycles. The zero-order valence-electron chi connectivity index (χ0n) is 21.9. The average Bonchev–Trinajstić information content (AvgIpc) is 3.66. The Kier molecular flexibility index (Phi) is 6.25. The van der Waals surface area contributed by atoms with Gasteiger partial charge < -0.3 is 4.98 Å². The summed E-state index contributed by atoms with van der Waals surface area (Å²) in [5, 5.41) is 15.9. The van der Waals surface area contributed by atoms with Crippen LogP contribution in [-0.2, 0) is 6.54 Å². The Morgan fingerprint density at radius 3 is 2.33 bits per heavy atom. The first-order chi connectivity index (χ1) is 19.7. The molecule has 1 fully saturated rings. The zero-order chi connectivity index (χ0) is 26.9. The summed E-state index contributed by atoms with van der Waals surface area (Å²) in [5.41, 5.74) is 7.32. The number of hydrogen-bond donors (Lipinski definition) is 2. The van der Waals surface area contributed by atoms with E-state index in [4.69, 9.17) is 4.98 Å². The van der Waals surface area contributed by atoms with Crippen molar-refractivity contribution >= 4 is 11.0 Å². The lowest BCUT2D eigenvalue weighted by Gasteiger charge is -2.32. The second kappa shape index (κ2) is 10.3. The second-order valence-electron chi connectivity index (χ2n) is 10.2. The third kappa shape index (κ3) is 4.60. The van der Waals surface area contributed by atoms with Gasteiger partial charge in [-0.05, 0) is 36.6 Å². The highest BCUT2D eigenvalue weighted by Gasteiger charge is 2.24. The van der Waals surface area contributed by atoms with E-state index in [2.05, 4.69) is 54.5 Å². The van der Waals surface area contributed by atoms with Crippen LogP contribution in [0.15, 0.2) is 95.9 Å². The molecule has 0 saturated carbocycles. The van der Waals surface area contributed by atoms with Gasteiger partial charge in [0.25, 0.3) is 0 Å². The number of aromatic amines is 2. The molecule has 0 unspecified atom stereocenters. The standard InChI is InChI=1S/C31H28N8O/c40-31-33-25-8-4-5-9-27(25)39(31)24-15-18-38(19-16-24)20-21-10-12-23(13-11-21)28-29(22-6-2-1-3-7-22)36-37-30(34-28)26-14-17-32-35-26/h1-14,17,24H,15-16,18-20H2,(H,32,35)(H,33,40). The van der Waals surface area contributed by atoms with Crippen LogP contribution >= 0.6 is 0 Å². The summed E-state index contributed by atoms with van der Waals surface area (Å²) in [4.78, 5) is 23.0. The second-order valence-corrected chi connectivity index (χ2v) is 10.2. The van der Waals surface area contributed by atoms with Crippen molar-refractivity contribution in [1.82, 2.24) is 39.8 Å². The number of fused-ring (bicyclic) bond motifs is 1. The Balaban J connectivity index is 1.09. The molecular weight excluding hydrogens is 500 g/mol. The molecule has 2 N–H and O–H groups in total. The molecule has 9 nitrogen and oxygen atoms in total. The third-order valence-electron chi connectivity index (χ3n) is 7.66. The van der Waals surface area contributed by atoms with E-state index in [0.29, 0.717) is 5.82 Å². The highest BCUT2D eigenvalue weighted by Crippen LogP contribution is 2.31. The first-order valence-corrected chi connectivity index (χ1v) is 13.5. The normalized spacial score (nSPS) is 14.6. The van der Waals surface area contributed by atoms with Crippen molar-refractivity contribution in [1.29, 1.82) is 0 Å². The fourth-order valence-corrected chi connectivity index (χ4v) is 5.61. The van der Waals surface area contributed by atoms with E-state index in [1.165, 1.54) is 5.56 Å². The van der Waals surface area contributed by atoms with Crippen LogP contribution in [0.4, 0.5) is 0 Å². The van der Waals surface area contributed by atoms with E-state index in [1.54, 1.807) is 6.20 Å². The van der Waals surface area contributed by atoms with E-state index < -0.39 is 0 Å². The minimum absolute atomic E-state index is 0.0139. The first-order valence-electron chi connectivity index (χ1n) is 13.5. The van der Waals surface area contributed by atoms with Crippen LogP contribution in [0.2, 0.25) is 0 Å². The fraction of sp³-hybridized carbons (Fsp3) is 0.194. The molecule has 9 heteroatoms. The molecule has 3 aromatic carbocycles. The van der Waals surface area contributed by atoms with Crippen molar-refractivity contribution in [3.8, 4) is 34.0 Å². The van der Waals surface area contributed by atoms with Crippen LogP contribution in [0.5, 0.6) is 0 Å². The van der Waals surface area contributed by atoms with Gasteiger partial charge in [-0.25, -0.2) is 9.78 Å². The Morgan fingerprint density at radius 2 is 1.55 bits per heavy atom. The minimum Gasteiger partial charge on any atom is -0.306 e. The van der Waals surface area contributed by atoms with E-state index in [0.717, 1.165) is 71.7 Å². The molecule has 6 aromatic rings.